The highest BCUT2D eigenvalue weighted by molar-refractivity contribution is 14.1. The van der Waals surface area contributed by atoms with Crippen molar-refractivity contribution in [3.05, 3.63) is 41.3 Å². The summed E-state index contributed by atoms with van der Waals surface area (Å²) in [6, 6.07) is 8.54. The SMILES string of the molecule is CC(C)c1oc(-c2ccc(C(C)(C)C)cc2)nc1CI. The van der Waals surface area contributed by atoms with Crippen molar-refractivity contribution < 1.29 is 4.42 Å². The quantitative estimate of drug-likeness (QED) is 0.502. The molecule has 2 nitrogen and oxygen atoms in total. The lowest BCUT2D eigenvalue weighted by atomic mass is 9.87. The molecule has 1 heterocycles. The summed E-state index contributed by atoms with van der Waals surface area (Å²) in [6.07, 6.45) is 0. The number of aromatic nitrogens is 1. The van der Waals surface area contributed by atoms with E-state index in [1.807, 2.05) is 0 Å². The molecule has 0 amide bonds. The Labute approximate surface area is 135 Å². The Morgan fingerprint density at radius 2 is 1.75 bits per heavy atom. The van der Waals surface area contributed by atoms with Gasteiger partial charge in [-0.3, -0.25) is 0 Å². The molecule has 0 radical (unpaired) electrons. The van der Waals surface area contributed by atoms with Crippen LogP contribution in [0.15, 0.2) is 28.7 Å². The van der Waals surface area contributed by atoms with Crippen molar-refractivity contribution >= 4 is 22.6 Å². The highest BCUT2D eigenvalue weighted by atomic mass is 127. The third-order valence-corrected chi connectivity index (χ3v) is 4.10. The van der Waals surface area contributed by atoms with E-state index in [0.717, 1.165) is 27.3 Å². The summed E-state index contributed by atoms with van der Waals surface area (Å²) in [6.45, 7) is 10.9. The number of nitrogens with zero attached hydrogens (tertiary/aromatic N) is 1. The van der Waals surface area contributed by atoms with Gasteiger partial charge in [0.05, 0.1) is 5.69 Å². The molecule has 0 aliphatic heterocycles. The topological polar surface area (TPSA) is 26.0 Å². The van der Waals surface area contributed by atoms with E-state index in [1.54, 1.807) is 0 Å². The lowest BCUT2D eigenvalue weighted by molar-refractivity contribution is 0.492. The molecule has 3 heteroatoms. The molecule has 1 aromatic heterocycles. The van der Waals surface area contributed by atoms with Crippen molar-refractivity contribution in [1.29, 1.82) is 0 Å². The van der Waals surface area contributed by atoms with Crippen LogP contribution in [-0.2, 0) is 9.84 Å². The van der Waals surface area contributed by atoms with E-state index in [0.29, 0.717) is 5.92 Å². The average molecular weight is 383 g/mol. The molecule has 0 aliphatic rings. The molecule has 0 atom stereocenters. The maximum absolute atomic E-state index is 5.96. The van der Waals surface area contributed by atoms with Gasteiger partial charge in [0.15, 0.2) is 0 Å². The average Bonchev–Trinajstić information content (AvgIpc) is 2.82. The summed E-state index contributed by atoms with van der Waals surface area (Å²) in [5.41, 5.74) is 3.61. The van der Waals surface area contributed by atoms with Gasteiger partial charge in [-0.15, -0.1) is 0 Å². The molecule has 2 rings (SSSR count). The Hall–Kier alpha value is -0.840. The minimum atomic E-state index is 0.172. The van der Waals surface area contributed by atoms with Crippen LogP contribution in [0, 0.1) is 0 Å². The van der Waals surface area contributed by atoms with Gasteiger partial charge in [-0.2, -0.15) is 0 Å². The lowest BCUT2D eigenvalue weighted by Crippen LogP contribution is -2.10. The number of oxazole rings is 1. The lowest BCUT2D eigenvalue weighted by Gasteiger charge is -2.18. The van der Waals surface area contributed by atoms with Crippen molar-refractivity contribution in [3.8, 4) is 11.5 Å². The molecular formula is C17H22INO. The first-order valence-electron chi connectivity index (χ1n) is 6.99. The first-order valence-corrected chi connectivity index (χ1v) is 8.52. The first kappa shape index (κ1) is 15.5. The van der Waals surface area contributed by atoms with E-state index in [9.17, 15) is 0 Å². The van der Waals surface area contributed by atoms with Gasteiger partial charge in [0.1, 0.15) is 5.76 Å². The first-order chi connectivity index (χ1) is 9.32. The second-order valence-corrected chi connectivity index (χ2v) is 7.21. The smallest absolute Gasteiger partial charge is 0.226 e. The van der Waals surface area contributed by atoms with Crippen LogP contribution in [0.5, 0.6) is 0 Å². The summed E-state index contributed by atoms with van der Waals surface area (Å²) in [4.78, 5) is 4.64. The van der Waals surface area contributed by atoms with Crippen LogP contribution in [0.2, 0.25) is 0 Å². The van der Waals surface area contributed by atoms with Gasteiger partial charge in [0.25, 0.3) is 0 Å². The molecule has 0 bridgehead atoms. The van der Waals surface area contributed by atoms with Gasteiger partial charge < -0.3 is 4.42 Å². The monoisotopic (exact) mass is 383 g/mol. The highest BCUT2D eigenvalue weighted by Crippen LogP contribution is 2.30. The van der Waals surface area contributed by atoms with Crippen LogP contribution in [0.1, 0.15) is 57.6 Å². The van der Waals surface area contributed by atoms with Crippen LogP contribution in [0.3, 0.4) is 0 Å². The molecule has 0 N–H and O–H groups in total. The van der Waals surface area contributed by atoms with Gasteiger partial charge in [-0.25, -0.2) is 4.98 Å². The Balaban J connectivity index is 2.37. The zero-order valence-electron chi connectivity index (χ0n) is 12.8. The van der Waals surface area contributed by atoms with Crippen LogP contribution >= 0.6 is 22.6 Å². The third-order valence-electron chi connectivity index (χ3n) is 3.38. The zero-order chi connectivity index (χ0) is 14.9. The molecule has 0 aliphatic carbocycles. The molecule has 0 unspecified atom stereocenters. The summed E-state index contributed by atoms with van der Waals surface area (Å²) in [5, 5.41) is 0. The number of halogens is 1. The molecule has 2 aromatic rings. The minimum Gasteiger partial charge on any atom is -0.441 e. The van der Waals surface area contributed by atoms with Gasteiger partial charge in [0.2, 0.25) is 5.89 Å². The summed E-state index contributed by atoms with van der Waals surface area (Å²) < 4.78 is 6.85. The van der Waals surface area contributed by atoms with E-state index in [1.165, 1.54) is 5.56 Å². The highest BCUT2D eigenvalue weighted by Gasteiger charge is 2.17. The maximum Gasteiger partial charge on any atom is 0.226 e. The summed E-state index contributed by atoms with van der Waals surface area (Å²) in [7, 11) is 0. The van der Waals surface area contributed by atoms with Crippen molar-refractivity contribution in [3.63, 3.8) is 0 Å². The molecule has 0 fully saturated rings. The molecule has 1 aromatic carbocycles. The summed E-state index contributed by atoms with van der Waals surface area (Å²) >= 11 is 2.34. The van der Waals surface area contributed by atoms with Gasteiger partial charge >= 0.3 is 0 Å². The third kappa shape index (κ3) is 3.25. The normalized spacial score (nSPS) is 12.2. The number of hydrogen-bond acceptors (Lipinski definition) is 2. The summed E-state index contributed by atoms with van der Waals surface area (Å²) in [5.74, 6) is 2.12. The van der Waals surface area contributed by atoms with Crippen molar-refractivity contribution in [2.75, 3.05) is 0 Å². The van der Waals surface area contributed by atoms with Crippen molar-refractivity contribution in [2.45, 2.75) is 50.4 Å². The standard InChI is InChI=1S/C17H22INO/c1-11(2)15-14(10-18)19-16(20-15)12-6-8-13(9-7-12)17(3,4)5/h6-9,11H,10H2,1-5H3. The largest absolute Gasteiger partial charge is 0.441 e. The van der Waals surface area contributed by atoms with E-state index in [4.69, 9.17) is 4.42 Å². The van der Waals surface area contributed by atoms with Crippen LogP contribution in [-0.4, -0.2) is 4.98 Å². The van der Waals surface area contributed by atoms with E-state index < -0.39 is 0 Å². The molecule has 0 spiro atoms. The van der Waals surface area contributed by atoms with Crippen molar-refractivity contribution in [1.82, 2.24) is 4.98 Å². The fourth-order valence-corrected chi connectivity index (χ4v) is 2.69. The fraction of sp³-hybridized carbons (Fsp3) is 0.471. The minimum absolute atomic E-state index is 0.172. The Bertz CT molecular complexity index is 576. The fourth-order valence-electron chi connectivity index (χ4n) is 2.15. The molecule has 0 saturated heterocycles. The zero-order valence-corrected chi connectivity index (χ0v) is 15.0. The predicted octanol–water partition coefficient (Wildman–Crippen LogP) is 5.70. The second kappa shape index (κ2) is 5.88. The van der Waals surface area contributed by atoms with Gasteiger partial charge in [0, 0.05) is 15.9 Å². The Morgan fingerprint density at radius 1 is 1.15 bits per heavy atom. The number of benzene rings is 1. The van der Waals surface area contributed by atoms with E-state index in [2.05, 4.69) is 86.5 Å². The molecular weight excluding hydrogens is 361 g/mol. The van der Waals surface area contributed by atoms with Crippen LogP contribution in [0.25, 0.3) is 11.5 Å². The molecule has 108 valence electrons. The van der Waals surface area contributed by atoms with Crippen LogP contribution < -0.4 is 0 Å². The van der Waals surface area contributed by atoms with E-state index >= 15 is 0 Å². The number of rotatable bonds is 3. The second-order valence-electron chi connectivity index (χ2n) is 6.45. The van der Waals surface area contributed by atoms with Gasteiger partial charge in [-0.1, -0.05) is 69.3 Å². The van der Waals surface area contributed by atoms with E-state index in [-0.39, 0.29) is 5.41 Å². The maximum atomic E-state index is 5.96. The van der Waals surface area contributed by atoms with Gasteiger partial charge in [-0.05, 0) is 23.1 Å². The molecule has 0 saturated carbocycles. The Kier molecular flexibility index (Phi) is 4.57. The molecule has 20 heavy (non-hydrogen) atoms. The number of hydrogen-bond donors (Lipinski definition) is 0. The predicted molar refractivity (Wildman–Crippen MR) is 92.5 cm³/mol. The van der Waals surface area contributed by atoms with Crippen molar-refractivity contribution in [2.24, 2.45) is 0 Å². The number of alkyl halides is 1. The van der Waals surface area contributed by atoms with Crippen LogP contribution in [0.4, 0.5) is 0 Å². The Morgan fingerprint density at radius 3 is 2.15 bits per heavy atom.